The molecule has 3 heteroatoms. The number of nitrogens with zero attached hydrogens (tertiary/aromatic N) is 1. The van der Waals surface area contributed by atoms with Crippen molar-refractivity contribution in [1.29, 1.82) is 0 Å². The minimum Gasteiger partial charge on any atom is -0.381 e. The van der Waals surface area contributed by atoms with E-state index in [1.165, 1.54) is 51.6 Å². The molecule has 2 atom stereocenters. The standard InChI is InChI=1S/C15H30N2O/c1-13(14-7-11-18-12-8-14)16-9-6-15-5-3-4-10-17(15)2/h13-16H,3-12H2,1-2H3. The molecule has 0 saturated carbocycles. The van der Waals surface area contributed by atoms with Gasteiger partial charge in [0.25, 0.3) is 0 Å². The van der Waals surface area contributed by atoms with E-state index in [9.17, 15) is 0 Å². The minimum atomic E-state index is 0.655. The van der Waals surface area contributed by atoms with Crippen LogP contribution in [0, 0.1) is 5.92 Å². The monoisotopic (exact) mass is 254 g/mol. The molecule has 3 nitrogen and oxygen atoms in total. The first kappa shape index (κ1) is 14.3. The fourth-order valence-electron chi connectivity index (χ4n) is 3.37. The molecule has 2 fully saturated rings. The van der Waals surface area contributed by atoms with Gasteiger partial charge in [0.1, 0.15) is 0 Å². The van der Waals surface area contributed by atoms with E-state index in [0.29, 0.717) is 6.04 Å². The average Bonchev–Trinajstić information content (AvgIpc) is 2.42. The zero-order valence-electron chi connectivity index (χ0n) is 12.2. The van der Waals surface area contributed by atoms with E-state index in [-0.39, 0.29) is 0 Å². The fraction of sp³-hybridized carbons (Fsp3) is 1.00. The molecule has 2 aliphatic heterocycles. The van der Waals surface area contributed by atoms with Gasteiger partial charge in [-0.2, -0.15) is 0 Å². The second kappa shape index (κ2) is 7.46. The van der Waals surface area contributed by atoms with Gasteiger partial charge in [-0.25, -0.2) is 0 Å². The number of rotatable bonds is 5. The molecule has 2 aliphatic rings. The van der Waals surface area contributed by atoms with Gasteiger partial charge in [0.15, 0.2) is 0 Å². The Kier molecular flexibility index (Phi) is 5.93. The maximum atomic E-state index is 5.43. The molecule has 0 bridgehead atoms. The topological polar surface area (TPSA) is 24.5 Å². The van der Waals surface area contributed by atoms with Crippen LogP contribution in [0.4, 0.5) is 0 Å². The smallest absolute Gasteiger partial charge is 0.0469 e. The summed E-state index contributed by atoms with van der Waals surface area (Å²) in [4.78, 5) is 2.55. The molecular formula is C15H30N2O. The highest BCUT2D eigenvalue weighted by Crippen LogP contribution is 2.20. The SMILES string of the molecule is CC(NCCC1CCCCN1C)C1CCOCC1. The molecule has 0 spiro atoms. The summed E-state index contributed by atoms with van der Waals surface area (Å²) in [6.07, 6.45) is 7.98. The van der Waals surface area contributed by atoms with Gasteiger partial charge in [-0.1, -0.05) is 6.42 Å². The van der Waals surface area contributed by atoms with E-state index in [2.05, 4.69) is 24.2 Å². The third-order valence-electron chi connectivity index (χ3n) is 4.84. The average molecular weight is 254 g/mol. The van der Waals surface area contributed by atoms with Crippen LogP contribution < -0.4 is 5.32 Å². The lowest BCUT2D eigenvalue weighted by Gasteiger charge is -2.33. The fourth-order valence-corrected chi connectivity index (χ4v) is 3.37. The summed E-state index contributed by atoms with van der Waals surface area (Å²) >= 11 is 0. The summed E-state index contributed by atoms with van der Waals surface area (Å²) in [5.74, 6) is 0.822. The second-order valence-corrected chi connectivity index (χ2v) is 6.11. The minimum absolute atomic E-state index is 0.655. The maximum Gasteiger partial charge on any atom is 0.0469 e. The van der Waals surface area contributed by atoms with Crippen molar-refractivity contribution in [2.45, 2.75) is 57.5 Å². The predicted molar refractivity (Wildman–Crippen MR) is 75.9 cm³/mol. The number of nitrogens with one attached hydrogen (secondary N) is 1. The first-order chi connectivity index (χ1) is 8.77. The summed E-state index contributed by atoms with van der Waals surface area (Å²) in [5, 5.41) is 3.74. The molecular weight excluding hydrogens is 224 g/mol. The molecule has 0 aromatic carbocycles. The van der Waals surface area contributed by atoms with Crippen LogP contribution in [0.1, 0.15) is 45.4 Å². The highest BCUT2D eigenvalue weighted by atomic mass is 16.5. The molecule has 2 unspecified atom stereocenters. The predicted octanol–water partition coefficient (Wildman–Crippen LogP) is 2.27. The van der Waals surface area contributed by atoms with Crippen LogP contribution in [-0.2, 0) is 4.74 Å². The van der Waals surface area contributed by atoms with E-state index >= 15 is 0 Å². The first-order valence-corrected chi connectivity index (χ1v) is 7.78. The van der Waals surface area contributed by atoms with Gasteiger partial charge >= 0.3 is 0 Å². The Hall–Kier alpha value is -0.120. The zero-order valence-corrected chi connectivity index (χ0v) is 12.2. The van der Waals surface area contributed by atoms with Gasteiger partial charge in [-0.15, -0.1) is 0 Å². The lowest BCUT2D eigenvalue weighted by molar-refractivity contribution is 0.0555. The van der Waals surface area contributed by atoms with Crippen LogP contribution >= 0.6 is 0 Å². The van der Waals surface area contributed by atoms with Crippen LogP contribution in [0.5, 0.6) is 0 Å². The van der Waals surface area contributed by atoms with Gasteiger partial charge in [-0.3, -0.25) is 0 Å². The van der Waals surface area contributed by atoms with Crippen LogP contribution in [0.3, 0.4) is 0 Å². The van der Waals surface area contributed by atoms with Crippen LogP contribution in [0.25, 0.3) is 0 Å². The van der Waals surface area contributed by atoms with E-state index in [4.69, 9.17) is 4.74 Å². The van der Waals surface area contributed by atoms with Crippen molar-refractivity contribution in [2.24, 2.45) is 5.92 Å². The van der Waals surface area contributed by atoms with Gasteiger partial charge in [-0.05, 0) is 65.1 Å². The Morgan fingerprint density at radius 1 is 1.22 bits per heavy atom. The van der Waals surface area contributed by atoms with Gasteiger partial charge in [0, 0.05) is 25.3 Å². The quantitative estimate of drug-likeness (QED) is 0.814. The van der Waals surface area contributed by atoms with Crippen LogP contribution in [-0.4, -0.2) is 50.3 Å². The normalized spacial score (nSPS) is 29.3. The lowest BCUT2D eigenvalue weighted by atomic mass is 9.92. The van der Waals surface area contributed by atoms with Crippen molar-refractivity contribution in [3.8, 4) is 0 Å². The van der Waals surface area contributed by atoms with Crippen molar-refractivity contribution in [2.75, 3.05) is 33.4 Å². The van der Waals surface area contributed by atoms with E-state index in [1.807, 2.05) is 0 Å². The van der Waals surface area contributed by atoms with Crippen molar-refractivity contribution >= 4 is 0 Å². The highest BCUT2D eigenvalue weighted by Gasteiger charge is 2.21. The number of hydrogen-bond donors (Lipinski definition) is 1. The van der Waals surface area contributed by atoms with Crippen molar-refractivity contribution in [3.63, 3.8) is 0 Å². The number of piperidine rings is 1. The molecule has 0 amide bonds. The zero-order chi connectivity index (χ0) is 12.8. The first-order valence-electron chi connectivity index (χ1n) is 7.78. The molecule has 2 saturated heterocycles. The molecule has 0 aliphatic carbocycles. The molecule has 0 radical (unpaired) electrons. The Morgan fingerprint density at radius 3 is 2.72 bits per heavy atom. The number of likely N-dealkylation sites (tertiary alicyclic amines) is 1. The molecule has 18 heavy (non-hydrogen) atoms. The Morgan fingerprint density at radius 2 is 2.00 bits per heavy atom. The van der Waals surface area contributed by atoms with Gasteiger partial charge in [0.2, 0.25) is 0 Å². The molecule has 2 rings (SSSR count). The molecule has 106 valence electrons. The van der Waals surface area contributed by atoms with E-state index in [1.54, 1.807) is 0 Å². The third-order valence-corrected chi connectivity index (χ3v) is 4.84. The summed E-state index contributed by atoms with van der Waals surface area (Å²) < 4.78 is 5.43. The third kappa shape index (κ3) is 4.22. The molecule has 0 aromatic heterocycles. The molecule has 1 N–H and O–H groups in total. The Balaban J connectivity index is 1.61. The van der Waals surface area contributed by atoms with Crippen LogP contribution in [0.15, 0.2) is 0 Å². The summed E-state index contributed by atoms with van der Waals surface area (Å²) in [7, 11) is 2.28. The number of ether oxygens (including phenoxy) is 1. The molecule has 0 aromatic rings. The van der Waals surface area contributed by atoms with Crippen molar-refractivity contribution < 1.29 is 4.74 Å². The van der Waals surface area contributed by atoms with Gasteiger partial charge < -0.3 is 15.0 Å². The molecule has 2 heterocycles. The lowest BCUT2D eigenvalue weighted by Crippen LogP contribution is -2.41. The van der Waals surface area contributed by atoms with Crippen LogP contribution in [0.2, 0.25) is 0 Å². The van der Waals surface area contributed by atoms with Gasteiger partial charge in [0.05, 0.1) is 0 Å². The van der Waals surface area contributed by atoms with Crippen molar-refractivity contribution in [3.05, 3.63) is 0 Å². The Bertz CT molecular complexity index is 229. The second-order valence-electron chi connectivity index (χ2n) is 6.11. The summed E-state index contributed by atoms with van der Waals surface area (Å²) in [6, 6.07) is 1.47. The Labute approximate surface area is 112 Å². The number of hydrogen-bond acceptors (Lipinski definition) is 3. The largest absolute Gasteiger partial charge is 0.381 e. The van der Waals surface area contributed by atoms with Crippen molar-refractivity contribution in [1.82, 2.24) is 10.2 Å². The van der Waals surface area contributed by atoms with E-state index < -0.39 is 0 Å². The maximum absolute atomic E-state index is 5.43. The summed E-state index contributed by atoms with van der Waals surface area (Å²) in [5.41, 5.74) is 0. The highest BCUT2D eigenvalue weighted by molar-refractivity contribution is 4.78. The summed E-state index contributed by atoms with van der Waals surface area (Å²) in [6.45, 7) is 6.73. The van der Waals surface area contributed by atoms with E-state index in [0.717, 1.165) is 25.2 Å².